The predicted molar refractivity (Wildman–Crippen MR) is 135 cm³/mol. The normalized spacial score (nSPS) is 11.1. The van der Waals surface area contributed by atoms with Gasteiger partial charge in [-0.25, -0.2) is 14.6 Å². The van der Waals surface area contributed by atoms with E-state index in [1.165, 1.54) is 11.1 Å². The maximum Gasteiger partial charge on any atom is 0.226 e. The third-order valence-electron chi connectivity index (χ3n) is 4.77. The average molecular weight is 543 g/mol. The lowest BCUT2D eigenvalue weighted by molar-refractivity contribution is 0.572. The molecule has 0 aliphatic heterocycles. The van der Waals surface area contributed by atoms with Crippen molar-refractivity contribution in [1.82, 2.24) is 30.4 Å². The Bertz CT molecular complexity index is 1140. The van der Waals surface area contributed by atoms with Crippen LogP contribution < -0.4 is 10.6 Å². The molecule has 166 valence electrons. The van der Waals surface area contributed by atoms with Crippen LogP contribution in [0.4, 0.5) is 0 Å². The molecule has 4 rings (SSSR count). The van der Waals surface area contributed by atoms with Gasteiger partial charge in [0.25, 0.3) is 0 Å². The van der Waals surface area contributed by atoms with Gasteiger partial charge in [-0.15, -0.1) is 24.0 Å². The lowest BCUT2D eigenvalue weighted by Crippen LogP contribution is -2.36. The first-order valence-corrected chi connectivity index (χ1v) is 10.1. The van der Waals surface area contributed by atoms with Crippen molar-refractivity contribution in [3.63, 3.8) is 0 Å². The van der Waals surface area contributed by atoms with E-state index < -0.39 is 0 Å². The molecule has 0 aliphatic carbocycles. The number of hydrogen-bond acceptors (Lipinski definition) is 5. The molecule has 8 nitrogen and oxygen atoms in total. The molecule has 0 amide bonds. The third-order valence-corrected chi connectivity index (χ3v) is 4.77. The Balaban J connectivity index is 0.00000289. The number of benzene rings is 2. The van der Waals surface area contributed by atoms with Crippen molar-refractivity contribution in [3.8, 4) is 11.5 Å². The summed E-state index contributed by atoms with van der Waals surface area (Å²) in [6.45, 7) is 3.91. The van der Waals surface area contributed by atoms with Crippen LogP contribution in [-0.2, 0) is 19.6 Å². The average Bonchev–Trinajstić information content (AvgIpc) is 3.47. The smallest absolute Gasteiger partial charge is 0.226 e. The highest BCUT2D eigenvalue weighted by atomic mass is 127. The Morgan fingerprint density at radius 1 is 1.06 bits per heavy atom. The molecule has 0 saturated heterocycles. The third kappa shape index (κ3) is 6.39. The number of aromatic nitrogens is 4. The minimum Gasteiger partial charge on any atom is -0.444 e. The molecule has 2 aromatic carbocycles. The summed E-state index contributed by atoms with van der Waals surface area (Å²) in [4.78, 5) is 12.8. The lowest BCUT2D eigenvalue weighted by atomic mass is 10.1. The van der Waals surface area contributed by atoms with Crippen molar-refractivity contribution in [2.45, 2.75) is 26.6 Å². The van der Waals surface area contributed by atoms with E-state index in [4.69, 9.17) is 4.42 Å². The van der Waals surface area contributed by atoms with E-state index >= 15 is 0 Å². The summed E-state index contributed by atoms with van der Waals surface area (Å²) in [5.41, 5.74) is 5.30. The van der Waals surface area contributed by atoms with Crippen molar-refractivity contribution in [2.24, 2.45) is 4.99 Å². The summed E-state index contributed by atoms with van der Waals surface area (Å²) in [7, 11) is 1.75. The van der Waals surface area contributed by atoms with E-state index in [0.29, 0.717) is 31.5 Å². The minimum absolute atomic E-state index is 0. The molecule has 0 bridgehead atoms. The fraction of sp³-hybridized carbons (Fsp3) is 0.217. The van der Waals surface area contributed by atoms with Crippen LogP contribution in [0.2, 0.25) is 0 Å². The molecule has 0 aliphatic rings. The molecule has 4 aromatic rings. The quantitative estimate of drug-likeness (QED) is 0.210. The SMILES string of the molecule is CN=C(NCc1cccc(Cn2cncn2)c1)NCc1coc(-c2ccc(C)cc2)n1.I. The van der Waals surface area contributed by atoms with Crippen molar-refractivity contribution >= 4 is 29.9 Å². The Kier molecular flexibility index (Phi) is 8.37. The van der Waals surface area contributed by atoms with Crippen LogP contribution in [0.5, 0.6) is 0 Å². The Hall–Kier alpha value is -3.21. The van der Waals surface area contributed by atoms with Crippen molar-refractivity contribution < 1.29 is 4.42 Å². The number of aryl methyl sites for hydroxylation is 1. The molecule has 32 heavy (non-hydrogen) atoms. The number of guanidine groups is 1. The highest BCUT2D eigenvalue weighted by Gasteiger charge is 2.07. The molecule has 0 unspecified atom stereocenters. The van der Waals surface area contributed by atoms with Gasteiger partial charge in [0.2, 0.25) is 5.89 Å². The summed E-state index contributed by atoms with van der Waals surface area (Å²) < 4.78 is 7.42. The number of nitrogens with zero attached hydrogens (tertiary/aromatic N) is 5. The summed E-state index contributed by atoms with van der Waals surface area (Å²) in [5, 5.41) is 10.8. The number of nitrogens with one attached hydrogen (secondary N) is 2. The number of aliphatic imine (C=N–C) groups is 1. The molecule has 0 atom stereocenters. The Morgan fingerprint density at radius 3 is 2.59 bits per heavy atom. The zero-order chi connectivity index (χ0) is 21.5. The van der Waals surface area contributed by atoms with Crippen molar-refractivity contribution in [1.29, 1.82) is 0 Å². The highest BCUT2D eigenvalue weighted by molar-refractivity contribution is 14.0. The Morgan fingerprint density at radius 2 is 1.84 bits per heavy atom. The maximum atomic E-state index is 5.62. The molecular weight excluding hydrogens is 517 g/mol. The highest BCUT2D eigenvalue weighted by Crippen LogP contribution is 2.19. The zero-order valence-electron chi connectivity index (χ0n) is 18.0. The topological polar surface area (TPSA) is 93.2 Å². The summed E-state index contributed by atoms with van der Waals surface area (Å²) in [6.07, 6.45) is 4.92. The standard InChI is InChI=1S/C23H25N7O.HI/c1-17-6-8-20(9-7-17)22-29-21(14-31-22)12-27-23(24-2)26-11-18-4-3-5-19(10-18)13-30-16-25-15-28-30;/h3-10,14-16H,11-13H2,1-2H3,(H2,24,26,27);1H. The second-order valence-electron chi connectivity index (χ2n) is 7.20. The van der Waals surface area contributed by atoms with Gasteiger partial charge in [0.1, 0.15) is 18.9 Å². The second kappa shape index (κ2) is 11.4. The lowest BCUT2D eigenvalue weighted by Gasteiger charge is -2.11. The van der Waals surface area contributed by atoms with E-state index in [-0.39, 0.29) is 24.0 Å². The molecule has 2 N–H and O–H groups in total. The monoisotopic (exact) mass is 543 g/mol. The second-order valence-corrected chi connectivity index (χ2v) is 7.20. The fourth-order valence-corrected chi connectivity index (χ4v) is 3.14. The first-order valence-electron chi connectivity index (χ1n) is 10.1. The van der Waals surface area contributed by atoms with Gasteiger partial charge in [-0.3, -0.25) is 4.99 Å². The summed E-state index contributed by atoms with van der Waals surface area (Å²) in [6, 6.07) is 16.5. The van der Waals surface area contributed by atoms with E-state index in [1.807, 2.05) is 30.3 Å². The van der Waals surface area contributed by atoms with Gasteiger partial charge in [0, 0.05) is 19.2 Å². The maximum absolute atomic E-state index is 5.62. The predicted octanol–water partition coefficient (Wildman–Crippen LogP) is 3.77. The molecular formula is C23H26IN7O. The van der Waals surface area contributed by atoms with Crippen LogP contribution in [-0.4, -0.2) is 32.8 Å². The van der Waals surface area contributed by atoms with Crippen molar-refractivity contribution in [3.05, 3.63) is 89.8 Å². The fourth-order valence-electron chi connectivity index (χ4n) is 3.14. The van der Waals surface area contributed by atoms with Gasteiger partial charge in [-0.1, -0.05) is 42.0 Å². The van der Waals surface area contributed by atoms with Gasteiger partial charge in [-0.05, 0) is 30.2 Å². The van der Waals surface area contributed by atoms with Gasteiger partial charge in [0.15, 0.2) is 5.96 Å². The van der Waals surface area contributed by atoms with Crippen LogP contribution >= 0.6 is 24.0 Å². The van der Waals surface area contributed by atoms with E-state index in [9.17, 15) is 0 Å². The van der Waals surface area contributed by atoms with Crippen LogP contribution in [0.25, 0.3) is 11.5 Å². The van der Waals surface area contributed by atoms with Crippen molar-refractivity contribution in [2.75, 3.05) is 7.05 Å². The largest absolute Gasteiger partial charge is 0.444 e. The number of rotatable bonds is 7. The number of hydrogen-bond donors (Lipinski definition) is 2. The van der Waals surface area contributed by atoms with E-state index in [0.717, 1.165) is 16.8 Å². The number of oxazole rings is 1. The number of halogens is 1. The van der Waals surface area contributed by atoms with Crippen LogP contribution in [0.3, 0.4) is 0 Å². The molecule has 9 heteroatoms. The van der Waals surface area contributed by atoms with E-state index in [2.05, 4.69) is 55.8 Å². The molecule has 0 radical (unpaired) electrons. The van der Waals surface area contributed by atoms with Gasteiger partial charge < -0.3 is 15.1 Å². The van der Waals surface area contributed by atoms with E-state index in [1.54, 1.807) is 30.6 Å². The first-order chi connectivity index (χ1) is 15.2. The summed E-state index contributed by atoms with van der Waals surface area (Å²) >= 11 is 0. The van der Waals surface area contributed by atoms with Crippen LogP contribution in [0, 0.1) is 6.92 Å². The molecule has 0 fully saturated rings. The summed E-state index contributed by atoms with van der Waals surface area (Å²) in [5.74, 6) is 1.31. The van der Waals surface area contributed by atoms with Gasteiger partial charge in [0.05, 0.1) is 18.8 Å². The molecule has 0 saturated carbocycles. The van der Waals surface area contributed by atoms with Crippen LogP contribution in [0.1, 0.15) is 22.4 Å². The zero-order valence-corrected chi connectivity index (χ0v) is 20.4. The minimum atomic E-state index is 0. The molecule has 0 spiro atoms. The van der Waals surface area contributed by atoms with Crippen LogP contribution in [0.15, 0.2) is 76.9 Å². The van der Waals surface area contributed by atoms with Gasteiger partial charge in [-0.2, -0.15) is 5.10 Å². The molecule has 2 heterocycles. The van der Waals surface area contributed by atoms with Gasteiger partial charge >= 0.3 is 0 Å². The first kappa shape index (κ1) is 23.5. The Labute approximate surface area is 204 Å². The molecule has 2 aromatic heterocycles.